The highest BCUT2D eigenvalue weighted by molar-refractivity contribution is 7.19. The molecule has 186 valence electrons. The van der Waals surface area contributed by atoms with E-state index >= 15 is 0 Å². The van der Waals surface area contributed by atoms with E-state index in [4.69, 9.17) is 26.3 Å². The first-order valence-electron chi connectivity index (χ1n) is 12.2. The Labute approximate surface area is 224 Å². The Morgan fingerprint density at radius 3 is 2.73 bits per heavy atom. The molecule has 37 heavy (non-hydrogen) atoms. The van der Waals surface area contributed by atoms with Crippen LogP contribution < -0.4 is 10.1 Å². The predicted octanol–water partition coefficient (Wildman–Crippen LogP) is 6.59. The molecule has 0 spiro atoms. The fraction of sp³-hybridized carbons (Fsp3) is 0.207. The molecule has 0 aliphatic carbocycles. The van der Waals surface area contributed by atoms with Gasteiger partial charge in [-0.3, -0.25) is 9.88 Å². The summed E-state index contributed by atoms with van der Waals surface area (Å²) in [5.41, 5.74) is 4.65. The van der Waals surface area contributed by atoms with Crippen molar-refractivity contribution in [3.05, 3.63) is 99.6 Å². The van der Waals surface area contributed by atoms with Crippen molar-refractivity contribution in [2.75, 3.05) is 19.0 Å². The van der Waals surface area contributed by atoms with Crippen molar-refractivity contribution in [1.29, 1.82) is 0 Å². The lowest BCUT2D eigenvalue weighted by molar-refractivity contribution is 0.249. The zero-order valence-electron chi connectivity index (χ0n) is 20.4. The Morgan fingerprint density at radius 2 is 1.95 bits per heavy atom. The first-order valence-corrected chi connectivity index (χ1v) is 13.4. The molecular formula is C29H26ClN5OS. The van der Waals surface area contributed by atoms with Crippen molar-refractivity contribution in [3.8, 4) is 17.1 Å². The maximum atomic E-state index is 6.37. The molecule has 0 radical (unpaired) electrons. The molecule has 6 nitrogen and oxygen atoms in total. The third-order valence-corrected chi connectivity index (χ3v) is 8.03. The van der Waals surface area contributed by atoms with E-state index in [1.807, 2.05) is 36.5 Å². The minimum atomic E-state index is 0.590. The average Bonchev–Trinajstić information content (AvgIpc) is 3.30. The Hall–Kier alpha value is -3.52. The van der Waals surface area contributed by atoms with Gasteiger partial charge < -0.3 is 10.1 Å². The third-order valence-electron chi connectivity index (χ3n) is 6.62. The number of fused-ring (bicyclic) bond motifs is 3. The summed E-state index contributed by atoms with van der Waals surface area (Å²) in [5.74, 6) is 2.20. The van der Waals surface area contributed by atoms with Crippen molar-refractivity contribution in [1.82, 2.24) is 19.9 Å². The minimum absolute atomic E-state index is 0.590. The fourth-order valence-electron chi connectivity index (χ4n) is 4.78. The molecule has 0 bridgehead atoms. The maximum Gasteiger partial charge on any atom is 0.164 e. The number of hydrogen-bond acceptors (Lipinski definition) is 7. The van der Waals surface area contributed by atoms with E-state index in [1.165, 1.54) is 16.0 Å². The van der Waals surface area contributed by atoms with Crippen LogP contribution in [0.5, 0.6) is 5.75 Å². The van der Waals surface area contributed by atoms with Crippen molar-refractivity contribution < 1.29 is 4.74 Å². The largest absolute Gasteiger partial charge is 0.495 e. The van der Waals surface area contributed by atoms with Crippen LogP contribution in [-0.2, 0) is 26.1 Å². The molecule has 8 heteroatoms. The van der Waals surface area contributed by atoms with Crippen LogP contribution in [-0.4, -0.2) is 33.5 Å². The lowest BCUT2D eigenvalue weighted by atomic mass is 10.0. The molecule has 0 atom stereocenters. The van der Waals surface area contributed by atoms with E-state index in [-0.39, 0.29) is 0 Å². The van der Waals surface area contributed by atoms with Crippen LogP contribution in [0.25, 0.3) is 21.6 Å². The first kappa shape index (κ1) is 23.9. The van der Waals surface area contributed by atoms with Gasteiger partial charge in [0.1, 0.15) is 16.4 Å². The molecule has 1 aliphatic heterocycles. The summed E-state index contributed by atoms with van der Waals surface area (Å²) < 4.78 is 5.30. The lowest BCUT2D eigenvalue weighted by Crippen LogP contribution is -2.29. The van der Waals surface area contributed by atoms with E-state index in [1.54, 1.807) is 24.6 Å². The van der Waals surface area contributed by atoms with Gasteiger partial charge in [0.15, 0.2) is 5.82 Å². The van der Waals surface area contributed by atoms with Gasteiger partial charge in [0, 0.05) is 49.0 Å². The van der Waals surface area contributed by atoms with Crippen LogP contribution in [0.3, 0.4) is 0 Å². The van der Waals surface area contributed by atoms with E-state index in [2.05, 4.69) is 45.5 Å². The molecule has 2 aromatic carbocycles. The monoisotopic (exact) mass is 527 g/mol. The van der Waals surface area contributed by atoms with Gasteiger partial charge in [-0.1, -0.05) is 48.0 Å². The van der Waals surface area contributed by atoms with Gasteiger partial charge in [0.2, 0.25) is 0 Å². The second-order valence-electron chi connectivity index (χ2n) is 9.09. The summed E-state index contributed by atoms with van der Waals surface area (Å²) in [6.45, 7) is 3.46. The second kappa shape index (κ2) is 10.5. The Bertz CT molecular complexity index is 1540. The molecule has 0 unspecified atom stereocenters. The molecule has 1 N–H and O–H groups in total. The van der Waals surface area contributed by atoms with Crippen LogP contribution in [0, 0.1) is 0 Å². The van der Waals surface area contributed by atoms with Gasteiger partial charge in [0.25, 0.3) is 0 Å². The minimum Gasteiger partial charge on any atom is -0.495 e. The number of benzene rings is 2. The highest BCUT2D eigenvalue weighted by Crippen LogP contribution is 2.39. The number of aromatic nitrogens is 3. The second-order valence-corrected chi connectivity index (χ2v) is 10.6. The van der Waals surface area contributed by atoms with Gasteiger partial charge in [-0.25, -0.2) is 9.97 Å². The Balaban J connectivity index is 1.35. The lowest BCUT2D eigenvalue weighted by Gasteiger charge is -2.27. The topological polar surface area (TPSA) is 63.2 Å². The van der Waals surface area contributed by atoms with E-state index in [0.717, 1.165) is 53.2 Å². The van der Waals surface area contributed by atoms with Crippen LogP contribution in [0.4, 0.5) is 5.82 Å². The molecular weight excluding hydrogens is 502 g/mol. The van der Waals surface area contributed by atoms with Gasteiger partial charge in [-0.05, 0) is 47.4 Å². The number of nitrogens with zero attached hydrogens (tertiary/aromatic N) is 4. The number of rotatable bonds is 7. The number of anilines is 1. The van der Waals surface area contributed by atoms with Crippen LogP contribution in [0.1, 0.15) is 21.6 Å². The average molecular weight is 528 g/mol. The molecule has 4 heterocycles. The Kier molecular flexibility index (Phi) is 6.74. The summed E-state index contributed by atoms with van der Waals surface area (Å²) in [7, 11) is 1.62. The van der Waals surface area contributed by atoms with Crippen molar-refractivity contribution in [3.63, 3.8) is 0 Å². The fourth-order valence-corrected chi connectivity index (χ4v) is 6.32. The highest BCUT2D eigenvalue weighted by atomic mass is 35.5. The van der Waals surface area contributed by atoms with Gasteiger partial charge in [-0.15, -0.1) is 11.3 Å². The van der Waals surface area contributed by atoms with E-state index < -0.39 is 0 Å². The van der Waals surface area contributed by atoms with Crippen molar-refractivity contribution >= 4 is 39.0 Å². The number of methoxy groups -OCH3 is 1. The molecule has 1 aliphatic rings. The first-order chi connectivity index (χ1) is 18.2. The van der Waals surface area contributed by atoms with Crippen molar-refractivity contribution in [2.45, 2.75) is 26.1 Å². The number of thiophene rings is 1. The van der Waals surface area contributed by atoms with Crippen LogP contribution in [0.15, 0.2) is 73.1 Å². The highest BCUT2D eigenvalue weighted by Gasteiger charge is 2.25. The predicted molar refractivity (Wildman–Crippen MR) is 150 cm³/mol. The molecule has 6 rings (SSSR count). The van der Waals surface area contributed by atoms with Gasteiger partial charge in [-0.2, -0.15) is 0 Å². The van der Waals surface area contributed by atoms with Gasteiger partial charge >= 0.3 is 0 Å². The molecule has 0 fully saturated rings. The number of ether oxygens (including phenoxy) is 1. The molecule has 0 amide bonds. The van der Waals surface area contributed by atoms with Crippen molar-refractivity contribution in [2.24, 2.45) is 0 Å². The molecule has 5 aromatic rings. The van der Waals surface area contributed by atoms with Gasteiger partial charge in [0.05, 0.1) is 17.5 Å². The summed E-state index contributed by atoms with van der Waals surface area (Å²) in [6.07, 6.45) is 4.55. The van der Waals surface area contributed by atoms with Crippen LogP contribution >= 0.6 is 22.9 Å². The summed E-state index contributed by atoms with van der Waals surface area (Å²) >= 11 is 8.15. The molecule has 0 saturated heterocycles. The number of halogens is 1. The molecule has 0 saturated carbocycles. The number of hydrogen-bond donors (Lipinski definition) is 1. The zero-order valence-corrected chi connectivity index (χ0v) is 22.0. The normalized spacial score (nSPS) is 13.5. The molecule has 3 aromatic heterocycles. The van der Waals surface area contributed by atoms with Crippen LogP contribution in [0.2, 0.25) is 5.02 Å². The standard InChI is InChI=1S/C29H26ClN5OS/c1-36-24-10-9-20(14-23(24)30)15-32-28-26-22-11-13-35(17-19-6-3-2-4-7-19)18-25(22)37-29(26)34-27(33-28)21-8-5-12-31-16-21/h2-10,12,14,16H,11,13,15,17-18H2,1H3,(H,32,33,34). The zero-order chi connectivity index (χ0) is 25.2. The number of pyridine rings is 1. The summed E-state index contributed by atoms with van der Waals surface area (Å²) in [6, 6.07) is 20.4. The Morgan fingerprint density at radius 1 is 1.05 bits per heavy atom. The smallest absolute Gasteiger partial charge is 0.164 e. The van der Waals surface area contributed by atoms with E-state index in [9.17, 15) is 0 Å². The SMILES string of the molecule is COc1ccc(CNc2nc(-c3cccnc3)nc3sc4c(c23)CCN(Cc2ccccc2)C4)cc1Cl. The summed E-state index contributed by atoms with van der Waals surface area (Å²) in [4.78, 5) is 19.1. The third kappa shape index (κ3) is 5.03. The number of nitrogens with one attached hydrogen (secondary N) is 1. The summed E-state index contributed by atoms with van der Waals surface area (Å²) in [5, 5.41) is 5.31. The quantitative estimate of drug-likeness (QED) is 0.258. The maximum absolute atomic E-state index is 6.37. The van der Waals surface area contributed by atoms with E-state index in [0.29, 0.717) is 23.1 Å².